The number of nitro groups is 1. The first-order valence-corrected chi connectivity index (χ1v) is 3.71. The first kappa shape index (κ1) is 12.8. The van der Waals surface area contributed by atoms with Crippen LogP contribution in [0.3, 0.4) is 0 Å². The molecule has 0 saturated carbocycles. The summed E-state index contributed by atoms with van der Waals surface area (Å²) in [6, 6.07) is 0. The Morgan fingerprint density at radius 1 is 1.13 bits per heavy atom. The Balaban J connectivity index is 4.77. The van der Waals surface area contributed by atoms with E-state index in [0.29, 0.717) is 6.08 Å². The van der Waals surface area contributed by atoms with Crippen LogP contribution >= 0.6 is 0 Å². The molecule has 0 fully saturated rings. The minimum absolute atomic E-state index is 0.563. The summed E-state index contributed by atoms with van der Waals surface area (Å²) < 4.78 is 8.41. The van der Waals surface area contributed by atoms with Crippen LogP contribution in [0.2, 0.25) is 0 Å². The highest BCUT2D eigenvalue weighted by atomic mass is 16.6. The minimum atomic E-state index is -0.879. The number of methoxy groups -OCH3 is 2. The molecule has 0 aliphatic heterocycles. The van der Waals surface area contributed by atoms with Crippen molar-refractivity contribution in [3.8, 4) is 0 Å². The number of hydrogen-bond acceptors (Lipinski definition) is 6. The van der Waals surface area contributed by atoms with Gasteiger partial charge in [0, 0.05) is 12.2 Å². The van der Waals surface area contributed by atoms with Gasteiger partial charge in [-0.3, -0.25) is 10.1 Å². The Morgan fingerprint density at radius 2 is 1.67 bits per heavy atom. The Kier molecular flexibility index (Phi) is 5.38. The monoisotopic (exact) mass is 215 g/mol. The second-order valence-corrected chi connectivity index (χ2v) is 2.21. The van der Waals surface area contributed by atoms with Gasteiger partial charge in [0.2, 0.25) is 0 Å². The smallest absolute Gasteiger partial charge is 0.337 e. The molecule has 7 heteroatoms. The zero-order valence-electron chi connectivity index (χ0n) is 8.13. The van der Waals surface area contributed by atoms with Crippen LogP contribution in [0.15, 0.2) is 23.9 Å². The number of hydrogen-bond donors (Lipinski definition) is 0. The second kappa shape index (κ2) is 6.30. The molecule has 0 aromatic carbocycles. The van der Waals surface area contributed by atoms with Crippen molar-refractivity contribution in [1.29, 1.82) is 0 Å². The maximum Gasteiger partial charge on any atom is 0.337 e. The summed E-state index contributed by atoms with van der Waals surface area (Å²) in [7, 11) is 2.21. The quantitative estimate of drug-likeness (QED) is 0.216. The van der Waals surface area contributed by atoms with E-state index in [9.17, 15) is 19.7 Å². The predicted octanol–water partition coefficient (Wildman–Crippen LogP) is 0.0492. The molecule has 0 aromatic heterocycles. The van der Waals surface area contributed by atoms with Crippen molar-refractivity contribution in [3.63, 3.8) is 0 Å². The van der Waals surface area contributed by atoms with Gasteiger partial charge in [0.05, 0.1) is 19.1 Å². The van der Waals surface area contributed by atoms with Gasteiger partial charge in [-0.15, -0.1) is 0 Å². The van der Waals surface area contributed by atoms with Gasteiger partial charge in [-0.2, -0.15) is 0 Å². The third-order valence-electron chi connectivity index (χ3n) is 1.27. The van der Waals surface area contributed by atoms with Gasteiger partial charge in [0.15, 0.2) is 0 Å². The Labute approximate surface area is 85.1 Å². The minimum Gasteiger partial charge on any atom is -0.466 e. The van der Waals surface area contributed by atoms with Crippen LogP contribution in [0, 0.1) is 10.1 Å². The Bertz CT molecular complexity index is 330. The summed E-state index contributed by atoms with van der Waals surface area (Å²) in [5.41, 5.74) is -0.563. The van der Waals surface area contributed by atoms with Crippen LogP contribution in [0.4, 0.5) is 0 Å². The fraction of sp³-hybridized carbons (Fsp3) is 0.250. The van der Waals surface area contributed by atoms with Crippen molar-refractivity contribution in [2.75, 3.05) is 14.2 Å². The molecule has 82 valence electrons. The number of nitrogens with zero attached hydrogens (tertiary/aromatic N) is 1. The lowest BCUT2D eigenvalue weighted by atomic mass is 10.3. The van der Waals surface area contributed by atoms with E-state index in [0.717, 1.165) is 26.4 Å². The van der Waals surface area contributed by atoms with E-state index >= 15 is 0 Å². The zero-order valence-corrected chi connectivity index (χ0v) is 8.13. The van der Waals surface area contributed by atoms with Crippen LogP contribution < -0.4 is 0 Å². The molecule has 0 spiro atoms. The molecule has 0 atom stereocenters. The van der Waals surface area contributed by atoms with Gasteiger partial charge in [-0.05, 0) is 0 Å². The fourth-order valence-electron chi connectivity index (χ4n) is 0.563. The SMILES string of the molecule is COC(=O)/C=C\C(=C/C(=O)OC)[N+](=O)[O-]. The van der Waals surface area contributed by atoms with Crippen molar-refractivity contribution < 1.29 is 24.0 Å². The van der Waals surface area contributed by atoms with Gasteiger partial charge in [-0.1, -0.05) is 0 Å². The molecule has 0 aliphatic carbocycles. The van der Waals surface area contributed by atoms with Gasteiger partial charge in [0.1, 0.15) is 6.08 Å². The van der Waals surface area contributed by atoms with Gasteiger partial charge in [-0.25, -0.2) is 9.59 Å². The van der Waals surface area contributed by atoms with Crippen molar-refractivity contribution in [2.45, 2.75) is 0 Å². The molecule has 0 amide bonds. The summed E-state index contributed by atoms with van der Waals surface area (Å²) >= 11 is 0. The Morgan fingerprint density at radius 3 is 2.07 bits per heavy atom. The van der Waals surface area contributed by atoms with Crippen LogP contribution in [-0.4, -0.2) is 31.1 Å². The van der Waals surface area contributed by atoms with Gasteiger partial charge < -0.3 is 9.47 Å². The molecule has 0 aromatic rings. The van der Waals surface area contributed by atoms with Crippen LogP contribution in [0.5, 0.6) is 0 Å². The summed E-state index contributed by atoms with van der Waals surface area (Å²) in [5, 5.41) is 10.4. The van der Waals surface area contributed by atoms with E-state index in [1.54, 1.807) is 0 Å². The molecule has 0 unspecified atom stereocenters. The van der Waals surface area contributed by atoms with E-state index in [-0.39, 0.29) is 0 Å². The number of carbonyl (C=O) groups excluding carboxylic acids is 2. The first-order valence-electron chi connectivity index (χ1n) is 3.71. The topological polar surface area (TPSA) is 95.7 Å². The molecule has 0 N–H and O–H groups in total. The number of esters is 2. The van der Waals surface area contributed by atoms with Crippen LogP contribution in [0.25, 0.3) is 0 Å². The van der Waals surface area contributed by atoms with Crippen LogP contribution in [-0.2, 0) is 19.1 Å². The van der Waals surface area contributed by atoms with E-state index in [1.807, 2.05) is 0 Å². The third-order valence-corrected chi connectivity index (χ3v) is 1.27. The normalized spacial score (nSPS) is 11.2. The highest BCUT2D eigenvalue weighted by molar-refractivity contribution is 5.84. The molecule has 0 rings (SSSR count). The lowest BCUT2D eigenvalue weighted by Gasteiger charge is -1.92. The number of carbonyl (C=O) groups is 2. The van der Waals surface area contributed by atoms with Crippen molar-refractivity contribution in [3.05, 3.63) is 34.0 Å². The van der Waals surface area contributed by atoms with Crippen molar-refractivity contribution in [2.24, 2.45) is 0 Å². The molecule has 0 aliphatic rings. The number of rotatable bonds is 4. The number of ether oxygens (including phenoxy) is 2. The summed E-state index contributed by atoms with van der Waals surface area (Å²) in [6.07, 6.45) is 2.33. The molecular weight excluding hydrogens is 206 g/mol. The summed E-state index contributed by atoms with van der Waals surface area (Å²) in [4.78, 5) is 30.9. The fourth-order valence-corrected chi connectivity index (χ4v) is 0.563. The lowest BCUT2D eigenvalue weighted by molar-refractivity contribution is -0.419. The largest absolute Gasteiger partial charge is 0.466 e. The molecule has 7 nitrogen and oxygen atoms in total. The molecule has 0 radical (unpaired) electrons. The predicted molar refractivity (Wildman–Crippen MR) is 48.2 cm³/mol. The van der Waals surface area contributed by atoms with Crippen molar-refractivity contribution in [1.82, 2.24) is 0 Å². The second-order valence-electron chi connectivity index (χ2n) is 2.21. The average molecular weight is 215 g/mol. The molecular formula is C8H9NO6. The standard InChI is InChI=1S/C8H9NO6/c1-14-7(10)4-3-6(9(12)13)5-8(11)15-2/h3-5H,1-2H3/b4-3-,6-5+. The maximum absolute atomic E-state index is 10.7. The highest BCUT2D eigenvalue weighted by Gasteiger charge is 2.10. The van der Waals surface area contributed by atoms with Crippen molar-refractivity contribution >= 4 is 11.9 Å². The van der Waals surface area contributed by atoms with E-state index in [4.69, 9.17) is 0 Å². The lowest BCUT2D eigenvalue weighted by Crippen LogP contribution is -2.03. The molecule has 0 heterocycles. The maximum atomic E-state index is 10.7. The van der Waals surface area contributed by atoms with Gasteiger partial charge in [0.25, 0.3) is 5.70 Å². The highest BCUT2D eigenvalue weighted by Crippen LogP contribution is 1.99. The number of allylic oxidation sites excluding steroid dienone is 1. The third kappa shape index (κ3) is 5.19. The summed E-state index contributed by atoms with van der Waals surface area (Å²) in [5.74, 6) is -1.64. The molecule has 0 bridgehead atoms. The Hall–Kier alpha value is -2.18. The molecule has 0 saturated heterocycles. The average Bonchev–Trinajstić information content (AvgIpc) is 2.22. The first-order chi connectivity index (χ1) is 7.01. The van der Waals surface area contributed by atoms with E-state index < -0.39 is 22.6 Å². The molecule has 15 heavy (non-hydrogen) atoms. The van der Waals surface area contributed by atoms with Crippen LogP contribution in [0.1, 0.15) is 0 Å². The zero-order chi connectivity index (χ0) is 11.8. The van der Waals surface area contributed by atoms with E-state index in [2.05, 4.69) is 9.47 Å². The van der Waals surface area contributed by atoms with Gasteiger partial charge >= 0.3 is 11.9 Å². The summed E-state index contributed by atoms with van der Waals surface area (Å²) in [6.45, 7) is 0. The van der Waals surface area contributed by atoms with E-state index in [1.165, 1.54) is 0 Å².